The molecule has 0 N–H and O–H groups in total. The Bertz CT molecular complexity index is 186. The van der Waals surface area contributed by atoms with Crippen molar-refractivity contribution in [3.8, 4) is 0 Å². The molecule has 0 aliphatic heterocycles. The van der Waals surface area contributed by atoms with E-state index in [0.717, 1.165) is 12.8 Å². The van der Waals surface area contributed by atoms with Gasteiger partial charge in [0.1, 0.15) is 0 Å². The Morgan fingerprint density at radius 3 is 1.81 bits per heavy atom. The normalized spacial score (nSPS) is 11.6. The van der Waals surface area contributed by atoms with E-state index in [1.165, 1.54) is 44.9 Å². The van der Waals surface area contributed by atoms with Crippen LogP contribution >= 0.6 is 0 Å². The third-order valence-electron chi connectivity index (χ3n) is 2.60. The number of hydrogen-bond donors (Lipinski definition) is 0. The van der Waals surface area contributed by atoms with Gasteiger partial charge >= 0.3 is 0 Å². The van der Waals surface area contributed by atoms with Gasteiger partial charge in [0.25, 0.3) is 0 Å². The van der Waals surface area contributed by atoms with Gasteiger partial charge in [-0.05, 0) is 44.9 Å². The molecule has 0 aromatic rings. The van der Waals surface area contributed by atoms with Crippen LogP contribution in [0, 0.1) is 0 Å². The molecule has 0 spiro atoms. The van der Waals surface area contributed by atoms with Gasteiger partial charge in [0, 0.05) is 0 Å². The Kier molecular flexibility index (Phi) is 13.5. The van der Waals surface area contributed by atoms with Crippen molar-refractivity contribution in [3.63, 3.8) is 0 Å². The van der Waals surface area contributed by atoms with Crippen molar-refractivity contribution in [2.75, 3.05) is 0 Å². The molecule has 0 aliphatic carbocycles. The lowest BCUT2D eigenvalue weighted by molar-refractivity contribution is 0.651. The maximum Gasteiger partial charge on any atom is -0.0316 e. The van der Waals surface area contributed by atoms with E-state index in [2.05, 4.69) is 37.8 Å². The Balaban J connectivity index is 3.06. The lowest BCUT2D eigenvalue weighted by Crippen LogP contribution is -1.77. The summed E-state index contributed by atoms with van der Waals surface area (Å²) in [6.07, 6.45) is 22.6. The summed E-state index contributed by atoms with van der Waals surface area (Å²) in [5, 5.41) is 0. The molecule has 0 nitrogen and oxygen atoms in total. The molecular weight excluding hydrogens is 192 g/mol. The molecule has 0 heteroatoms. The van der Waals surface area contributed by atoms with Crippen molar-refractivity contribution < 1.29 is 0 Å². The highest BCUT2D eigenvalue weighted by Gasteiger charge is 1.87. The zero-order valence-electron chi connectivity index (χ0n) is 11.0. The van der Waals surface area contributed by atoms with Crippen LogP contribution in [-0.4, -0.2) is 0 Å². The smallest absolute Gasteiger partial charge is 0.0316 e. The van der Waals surface area contributed by atoms with Gasteiger partial charge in [0.15, 0.2) is 0 Å². The second kappa shape index (κ2) is 14.2. The number of hydrogen-bond acceptors (Lipinski definition) is 0. The molecule has 0 fully saturated rings. The summed E-state index contributed by atoms with van der Waals surface area (Å²) < 4.78 is 0. The van der Waals surface area contributed by atoms with Crippen LogP contribution in [0.1, 0.15) is 64.7 Å². The van der Waals surface area contributed by atoms with Gasteiger partial charge in [0.2, 0.25) is 0 Å². The minimum absolute atomic E-state index is 1.11. The lowest BCUT2D eigenvalue weighted by atomic mass is 10.1. The summed E-state index contributed by atoms with van der Waals surface area (Å²) in [5.41, 5.74) is 0. The first-order valence-electron chi connectivity index (χ1n) is 6.82. The second-order valence-electron chi connectivity index (χ2n) is 4.21. The zero-order chi connectivity index (χ0) is 11.9. The maximum absolute atomic E-state index is 3.71. The molecule has 0 radical (unpaired) electrons. The first kappa shape index (κ1) is 15.2. The molecule has 0 heterocycles. The Morgan fingerprint density at radius 2 is 1.25 bits per heavy atom. The largest absolute Gasteiger partial charge is 0.103 e. The maximum atomic E-state index is 3.71. The molecule has 0 bridgehead atoms. The molecular formula is C16H28. The average molecular weight is 220 g/mol. The predicted octanol–water partition coefficient (Wildman–Crippen LogP) is 5.82. The molecule has 0 saturated heterocycles. The molecule has 0 aromatic carbocycles. The highest BCUT2D eigenvalue weighted by atomic mass is 13.9. The molecule has 0 amide bonds. The van der Waals surface area contributed by atoms with Crippen molar-refractivity contribution in [1.29, 1.82) is 0 Å². The van der Waals surface area contributed by atoms with Crippen molar-refractivity contribution in [3.05, 3.63) is 37.0 Å². The molecule has 0 rings (SSSR count). The zero-order valence-corrected chi connectivity index (χ0v) is 11.0. The molecule has 0 saturated carbocycles. The summed E-state index contributed by atoms with van der Waals surface area (Å²) in [7, 11) is 0. The van der Waals surface area contributed by atoms with E-state index in [-0.39, 0.29) is 0 Å². The molecule has 92 valence electrons. The van der Waals surface area contributed by atoms with E-state index in [1.54, 1.807) is 0 Å². The van der Waals surface area contributed by atoms with Crippen LogP contribution in [0.4, 0.5) is 0 Å². The van der Waals surface area contributed by atoms with Gasteiger partial charge in [-0.1, -0.05) is 50.1 Å². The van der Waals surface area contributed by atoms with Crippen molar-refractivity contribution in [2.45, 2.75) is 64.7 Å². The van der Waals surface area contributed by atoms with E-state index in [9.17, 15) is 0 Å². The predicted molar refractivity (Wildman–Crippen MR) is 75.7 cm³/mol. The lowest BCUT2D eigenvalue weighted by Gasteiger charge is -1.96. The number of allylic oxidation sites excluding steroid dienone is 5. The van der Waals surface area contributed by atoms with E-state index >= 15 is 0 Å². The molecule has 0 aromatic heterocycles. The summed E-state index contributed by atoms with van der Waals surface area (Å²) in [4.78, 5) is 0. The monoisotopic (exact) mass is 220 g/mol. The first-order chi connectivity index (χ1) is 7.91. The standard InChI is InChI=1S/C16H28/c1-3-5-7-9-11-13-15-16-14-12-10-8-6-4-2/h3,6,8-9,11H,1,4-5,7,10,12-16H2,2H3. The Hall–Kier alpha value is -0.780. The van der Waals surface area contributed by atoms with Crippen LogP contribution in [0.25, 0.3) is 0 Å². The fourth-order valence-electron chi connectivity index (χ4n) is 1.61. The minimum atomic E-state index is 1.11. The Labute approximate surface area is 102 Å². The topological polar surface area (TPSA) is 0 Å². The summed E-state index contributed by atoms with van der Waals surface area (Å²) >= 11 is 0. The summed E-state index contributed by atoms with van der Waals surface area (Å²) in [5.74, 6) is 0. The SMILES string of the molecule is C=CCCC=CCCCCCCC=CCC. The highest BCUT2D eigenvalue weighted by Crippen LogP contribution is 2.07. The minimum Gasteiger partial charge on any atom is -0.103 e. The summed E-state index contributed by atoms with van der Waals surface area (Å²) in [6.45, 7) is 5.90. The second-order valence-corrected chi connectivity index (χ2v) is 4.21. The van der Waals surface area contributed by atoms with Crippen LogP contribution in [0.2, 0.25) is 0 Å². The number of rotatable bonds is 11. The molecule has 0 atom stereocenters. The van der Waals surface area contributed by atoms with Crippen LogP contribution in [0.15, 0.2) is 37.0 Å². The fraction of sp³-hybridized carbons (Fsp3) is 0.625. The van der Waals surface area contributed by atoms with Crippen LogP contribution < -0.4 is 0 Å². The van der Waals surface area contributed by atoms with Crippen molar-refractivity contribution >= 4 is 0 Å². The average Bonchev–Trinajstić information content (AvgIpc) is 2.31. The van der Waals surface area contributed by atoms with Gasteiger partial charge in [-0.25, -0.2) is 0 Å². The third-order valence-corrected chi connectivity index (χ3v) is 2.60. The fourth-order valence-corrected chi connectivity index (χ4v) is 1.61. The van der Waals surface area contributed by atoms with Crippen molar-refractivity contribution in [1.82, 2.24) is 0 Å². The third kappa shape index (κ3) is 13.2. The van der Waals surface area contributed by atoms with Gasteiger partial charge < -0.3 is 0 Å². The van der Waals surface area contributed by atoms with Gasteiger partial charge in [-0.15, -0.1) is 6.58 Å². The van der Waals surface area contributed by atoms with Gasteiger partial charge in [-0.3, -0.25) is 0 Å². The van der Waals surface area contributed by atoms with Gasteiger partial charge in [0.05, 0.1) is 0 Å². The van der Waals surface area contributed by atoms with E-state index in [0.29, 0.717) is 0 Å². The molecule has 0 unspecified atom stereocenters. The summed E-state index contributed by atoms with van der Waals surface area (Å²) in [6, 6.07) is 0. The molecule has 0 aliphatic rings. The number of unbranched alkanes of at least 4 members (excludes halogenated alkanes) is 6. The first-order valence-corrected chi connectivity index (χ1v) is 6.82. The van der Waals surface area contributed by atoms with E-state index < -0.39 is 0 Å². The van der Waals surface area contributed by atoms with Crippen LogP contribution in [-0.2, 0) is 0 Å². The van der Waals surface area contributed by atoms with Crippen LogP contribution in [0.5, 0.6) is 0 Å². The highest BCUT2D eigenvalue weighted by molar-refractivity contribution is 4.84. The van der Waals surface area contributed by atoms with E-state index in [4.69, 9.17) is 0 Å². The van der Waals surface area contributed by atoms with E-state index in [1.807, 2.05) is 6.08 Å². The Morgan fingerprint density at radius 1 is 0.688 bits per heavy atom. The molecule has 16 heavy (non-hydrogen) atoms. The quantitative estimate of drug-likeness (QED) is 0.304. The van der Waals surface area contributed by atoms with Crippen molar-refractivity contribution in [2.24, 2.45) is 0 Å². The van der Waals surface area contributed by atoms with Gasteiger partial charge in [-0.2, -0.15) is 0 Å². The van der Waals surface area contributed by atoms with Crippen LogP contribution in [0.3, 0.4) is 0 Å².